The maximum Gasteiger partial charge on any atom is 0.139 e. The molecule has 2 atom stereocenters. The Morgan fingerprint density at radius 1 is 1.00 bits per heavy atom. The van der Waals surface area contributed by atoms with Gasteiger partial charge in [0.2, 0.25) is 0 Å². The first-order chi connectivity index (χ1) is 5.27. The van der Waals surface area contributed by atoms with Gasteiger partial charge in [-0.15, -0.1) is 0 Å². The van der Waals surface area contributed by atoms with E-state index in [1.807, 2.05) is 0 Å². The summed E-state index contributed by atoms with van der Waals surface area (Å²) in [7, 11) is 0. The monoisotopic (exact) mass is 152 g/mol. The minimum Gasteiger partial charge on any atom is -0.300 e. The topological polar surface area (TPSA) is 34.1 Å². The van der Waals surface area contributed by atoms with Gasteiger partial charge in [-0.1, -0.05) is 6.42 Å². The van der Waals surface area contributed by atoms with Crippen LogP contribution < -0.4 is 0 Å². The van der Waals surface area contributed by atoms with E-state index in [0.29, 0.717) is 24.4 Å². The summed E-state index contributed by atoms with van der Waals surface area (Å²) in [6.07, 6.45) is 4.14. The van der Waals surface area contributed by atoms with Gasteiger partial charge in [0.25, 0.3) is 0 Å². The molecule has 0 saturated heterocycles. The lowest BCUT2D eigenvalue weighted by molar-refractivity contribution is -0.139. The lowest BCUT2D eigenvalue weighted by atomic mass is 9.71. The van der Waals surface area contributed by atoms with E-state index in [4.69, 9.17) is 0 Å². The molecule has 0 heterocycles. The molecule has 0 spiro atoms. The van der Waals surface area contributed by atoms with Crippen molar-refractivity contribution >= 4 is 11.6 Å². The molecule has 0 aliphatic heterocycles. The molecule has 60 valence electrons. The second kappa shape index (κ2) is 2.43. The molecule has 11 heavy (non-hydrogen) atoms. The van der Waals surface area contributed by atoms with Crippen molar-refractivity contribution in [3.05, 3.63) is 0 Å². The van der Waals surface area contributed by atoms with Crippen molar-refractivity contribution in [3.63, 3.8) is 0 Å². The van der Waals surface area contributed by atoms with E-state index in [0.717, 1.165) is 19.3 Å². The smallest absolute Gasteiger partial charge is 0.139 e. The Morgan fingerprint density at radius 3 is 2.09 bits per heavy atom. The Bertz CT molecular complexity index is 190. The number of hydrogen-bond acceptors (Lipinski definition) is 2. The Kier molecular flexibility index (Phi) is 1.55. The van der Waals surface area contributed by atoms with Gasteiger partial charge in [0.1, 0.15) is 11.6 Å². The molecular formula is C9H12O2. The van der Waals surface area contributed by atoms with Crippen LogP contribution in [-0.4, -0.2) is 11.6 Å². The highest BCUT2D eigenvalue weighted by atomic mass is 16.1. The number of hydrogen-bond donors (Lipinski definition) is 0. The van der Waals surface area contributed by atoms with Crippen molar-refractivity contribution in [2.24, 2.45) is 11.8 Å². The molecule has 0 N–H and O–H groups in total. The summed E-state index contributed by atoms with van der Waals surface area (Å²) in [4.78, 5) is 22.5. The third-order valence-electron chi connectivity index (χ3n) is 2.86. The molecule has 0 aromatic carbocycles. The van der Waals surface area contributed by atoms with Crippen LogP contribution in [0.4, 0.5) is 0 Å². The van der Waals surface area contributed by atoms with Gasteiger partial charge >= 0.3 is 0 Å². The highest BCUT2D eigenvalue weighted by Gasteiger charge is 2.37. The Balaban J connectivity index is 2.19. The molecule has 2 aliphatic carbocycles. The van der Waals surface area contributed by atoms with Crippen LogP contribution in [0.5, 0.6) is 0 Å². The quantitative estimate of drug-likeness (QED) is 0.524. The number of carbonyl (C=O) groups excluding carboxylic acids is 2. The fourth-order valence-electron chi connectivity index (χ4n) is 2.27. The molecule has 2 heteroatoms. The van der Waals surface area contributed by atoms with Crippen LogP contribution in [0.3, 0.4) is 0 Å². The van der Waals surface area contributed by atoms with Gasteiger partial charge in [-0.05, 0) is 12.8 Å². The summed E-state index contributed by atoms with van der Waals surface area (Å²) in [5.74, 6) is 0.889. The molecule has 2 nitrogen and oxygen atoms in total. The summed E-state index contributed by atoms with van der Waals surface area (Å²) in [5.41, 5.74) is 0. The Morgan fingerprint density at radius 2 is 1.55 bits per heavy atom. The summed E-state index contributed by atoms with van der Waals surface area (Å²) < 4.78 is 0. The first-order valence-electron chi connectivity index (χ1n) is 4.33. The van der Waals surface area contributed by atoms with E-state index in [2.05, 4.69) is 0 Å². The van der Waals surface area contributed by atoms with E-state index < -0.39 is 0 Å². The highest BCUT2D eigenvalue weighted by Crippen LogP contribution is 2.34. The van der Waals surface area contributed by atoms with Gasteiger partial charge in [0.15, 0.2) is 0 Å². The number of rotatable bonds is 0. The molecule has 0 aromatic rings. The van der Waals surface area contributed by atoms with Gasteiger partial charge in [-0.3, -0.25) is 9.59 Å². The van der Waals surface area contributed by atoms with E-state index in [-0.39, 0.29) is 11.8 Å². The maximum atomic E-state index is 11.4. The van der Waals surface area contributed by atoms with Gasteiger partial charge in [0, 0.05) is 24.7 Å². The second-order valence-corrected chi connectivity index (χ2v) is 3.67. The molecule has 2 rings (SSSR count). The largest absolute Gasteiger partial charge is 0.300 e. The standard InChI is InChI=1S/C9H12O2/c10-8-4-6-2-1-3-7(5-8)9(6)11/h6-7H,1-5H2. The average molecular weight is 152 g/mol. The van der Waals surface area contributed by atoms with Gasteiger partial charge in [0.05, 0.1) is 0 Å². The zero-order chi connectivity index (χ0) is 7.84. The summed E-state index contributed by atoms with van der Waals surface area (Å²) in [6, 6.07) is 0. The predicted molar refractivity (Wildman–Crippen MR) is 40.1 cm³/mol. The minimum atomic E-state index is 0.106. The average Bonchev–Trinajstić information content (AvgIpc) is 1.92. The second-order valence-electron chi connectivity index (χ2n) is 3.67. The van der Waals surface area contributed by atoms with E-state index in [1.165, 1.54) is 0 Å². The van der Waals surface area contributed by atoms with Crippen LogP contribution in [0, 0.1) is 11.8 Å². The van der Waals surface area contributed by atoms with Crippen molar-refractivity contribution in [1.29, 1.82) is 0 Å². The maximum absolute atomic E-state index is 11.4. The fourth-order valence-corrected chi connectivity index (χ4v) is 2.27. The van der Waals surface area contributed by atoms with Crippen molar-refractivity contribution in [2.45, 2.75) is 32.1 Å². The zero-order valence-electron chi connectivity index (χ0n) is 6.51. The SMILES string of the molecule is O=C1CC2CCCC(C1)C2=O. The van der Waals surface area contributed by atoms with Crippen LogP contribution in [0.25, 0.3) is 0 Å². The lowest BCUT2D eigenvalue weighted by Gasteiger charge is -2.31. The molecule has 2 unspecified atom stereocenters. The zero-order valence-corrected chi connectivity index (χ0v) is 6.51. The van der Waals surface area contributed by atoms with Crippen LogP contribution in [0.1, 0.15) is 32.1 Å². The number of carbonyl (C=O) groups is 2. The predicted octanol–water partition coefficient (Wildman–Crippen LogP) is 1.33. The fraction of sp³-hybridized carbons (Fsp3) is 0.778. The molecule has 2 bridgehead atoms. The van der Waals surface area contributed by atoms with E-state index >= 15 is 0 Å². The highest BCUT2D eigenvalue weighted by molar-refractivity contribution is 5.96. The normalized spacial score (nSPS) is 37.5. The van der Waals surface area contributed by atoms with Crippen LogP contribution in [0.2, 0.25) is 0 Å². The van der Waals surface area contributed by atoms with Crippen molar-refractivity contribution in [3.8, 4) is 0 Å². The van der Waals surface area contributed by atoms with Gasteiger partial charge < -0.3 is 0 Å². The summed E-state index contributed by atoms with van der Waals surface area (Å²) in [5, 5.41) is 0. The van der Waals surface area contributed by atoms with E-state index in [9.17, 15) is 9.59 Å². The van der Waals surface area contributed by atoms with Crippen molar-refractivity contribution in [1.82, 2.24) is 0 Å². The molecule has 2 fully saturated rings. The molecular weight excluding hydrogens is 140 g/mol. The van der Waals surface area contributed by atoms with Crippen molar-refractivity contribution in [2.75, 3.05) is 0 Å². The summed E-state index contributed by atoms with van der Waals surface area (Å²) in [6.45, 7) is 0. The number of ketones is 2. The Hall–Kier alpha value is -0.660. The third kappa shape index (κ3) is 1.10. The number of Topliss-reactive ketones (excluding diaryl/α,β-unsaturated/α-hetero) is 2. The third-order valence-corrected chi connectivity index (χ3v) is 2.86. The van der Waals surface area contributed by atoms with Crippen LogP contribution in [0.15, 0.2) is 0 Å². The first-order valence-corrected chi connectivity index (χ1v) is 4.33. The first kappa shape index (κ1) is 7.01. The molecule has 0 radical (unpaired) electrons. The Labute approximate surface area is 66.0 Å². The molecule has 0 aromatic heterocycles. The molecule has 0 amide bonds. The molecule has 2 saturated carbocycles. The van der Waals surface area contributed by atoms with E-state index in [1.54, 1.807) is 0 Å². The molecule has 2 aliphatic rings. The number of fused-ring (bicyclic) bond motifs is 2. The lowest BCUT2D eigenvalue weighted by Crippen LogP contribution is -2.36. The van der Waals surface area contributed by atoms with Crippen LogP contribution in [-0.2, 0) is 9.59 Å². The van der Waals surface area contributed by atoms with Crippen LogP contribution >= 0.6 is 0 Å². The van der Waals surface area contributed by atoms with Gasteiger partial charge in [-0.2, -0.15) is 0 Å². The van der Waals surface area contributed by atoms with Crippen molar-refractivity contribution < 1.29 is 9.59 Å². The summed E-state index contributed by atoms with van der Waals surface area (Å²) >= 11 is 0. The minimum absolute atomic E-state index is 0.106. The van der Waals surface area contributed by atoms with Gasteiger partial charge in [-0.25, -0.2) is 0 Å².